The van der Waals surface area contributed by atoms with Gasteiger partial charge >= 0.3 is 0 Å². The van der Waals surface area contributed by atoms with Crippen LogP contribution in [0.5, 0.6) is 0 Å². The van der Waals surface area contributed by atoms with Crippen LogP contribution in [-0.2, 0) is 20.2 Å². The molecule has 0 saturated heterocycles. The van der Waals surface area contributed by atoms with E-state index in [1.807, 2.05) is 24.3 Å². The molecule has 0 aliphatic carbocycles. The maximum Gasteiger partial charge on any atom is 0.240 e. The van der Waals surface area contributed by atoms with Gasteiger partial charge in [-0.25, -0.2) is 13.1 Å². The Morgan fingerprint density at radius 3 is 2.12 bits per heavy atom. The molecule has 2 aromatic rings. The van der Waals surface area contributed by atoms with Gasteiger partial charge in [-0.15, -0.1) is 0 Å². The second-order valence-corrected chi connectivity index (χ2v) is 8.60. The Bertz CT molecular complexity index is 808. The summed E-state index contributed by atoms with van der Waals surface area (Å²) in [5.74, 6) is -0.237. The van der Waals surface area contributed by atoms with Gasteiger partial charge in [-0.1, -0.05) is 51.1 Å². The highest BCUT2D eigenvalue weighted by Gasteiger charge is 2.14. The maximum atomic E-state index is 12.1. The Labute approximate surface area is 149 Å². The van der Waals surface area contributed by atoms with Crippen LogP contribution in [0.15, 0.2) is 59.5 Å². The number of amides is 1. The Morgan fingerprint density at radius 1 is 0.960 bits per heavy atom. The molecule has 0 heterocycles. The van der Waals surface area contributed by atoms with Crippen LogP contribution in [0.25, 0.3) is 0 Å². The molecule has 6 heteroatoms. The van der Waals surface area contributed by atoms with Crippen molar-refractivity contribution >= 4 is 21.6 Å². The molecule has 2 N–H and O–H groups in total. The van der Waals surface area contributed by atoms with Gasteiger partial charge in [-0.3, -0.25) is 4.79 Å². The molecule has 0 aromatic heterocycles. The molecule has 0 unspecified atom stereocenters. The van der Waals surface area contributed by atoms with E-state index in [-0.39, 0.29) is 29.2 Å². The summed E-state index contributed by atoms with van der Waals surface area (Å²) >= 11 is 0. The lowest BCUT2D eigenvalue weighted by Gasteiger charge is -2.19. The minimum Gasteiger partial charge on any atom is -0.326 e. The molecule has 0 bridgehead atoms. The smallest absolute Gasteiger partial charge is 0.240 e. The summed E-state index contributed by atoms with van der Waals surface area (Å²) in [6.45, 7) is 6.42. The zero-order chi connectivity index (χ0) is 18.5. The molecule has 0 spiro atoms. The number of rotatable bonds is 6. The summed E-state index contributed by atoms with van der Waals surface area (Å²) in [5, 5.41) is 2.77. The van der Waals surface area contributed by atoms with Gasteiger partial charge in [0.1, 0.15) is 0 Å². The summed E-state index contributed by atoms with van der Waals surface area (Å²) in [4.78, 5) is 12.2. The van der Waals surface area contributed by atoms with E-state index in [1.165, 1.54) is 17.7 Å². The van der Waals surface area contributed by atoms with Crippen molar-refractivity contribution in [3.63, 3.8) is 0 Å². The highest BCUT2D eigenvalue weighted by Crippen LogP contribution is 2.23. The van der Waals surface area contributed by atoms with E-state index in [9.17, 15) is 13.2 Å². The van der Waals surface area contributed by atoms with E-state index in [0.29, 0.717) is 5.69 Å². The fourth-order valence-corrected chi connectivity index (χ4v) is 3.31. The lowest BCUT2D eigenvalue weighted by atomic mass is 9.87. The molecule has 0 fully saturated rings. The number of sulfonamides is 1. The van der Waals surface area contributed by atoms with Crippen LogP contribution in [0.3, 0.4) is 0 Å². The van der Waals surface area contributed by atoms with Crippen molar-refractivity contribution in [2.24, 2.45) is 0 Å². The first-order valence-electron chi connectivity index (χ1n) is 8.13. The quantitative estimate of drug-likeness (QED) is 0.830. The molecule has 25 heavy (non-hydrogen) atoms. The summed E-state index contributed by atoms with van der Waals surface area (Å²) < 4.78 is 26.6. The van der Waals surface area contributed by atoms with Crippen molar-refractivity contribution in [3.05, 3.63) is 60.2 Å². The highest BCUT2D eigenvalue weighted by molar-refractivity contribution is 7.89. The average Bonchev–Trinajstić information content (AvgIpc) is 2.55. The van der Waals surface area contributed by atoms with E-state index < -0.39 is 10.0 Å². The summed E-state index contributed by atoms with van der Waals surface area (Å²) in [5.41, 5.74) is 1.93. The fourth-order valence-electron chi connectivity index (χ4n) is 2.26. The third-order valence-electron chi connectivity index (χ3n) is 3.73. The molecule has 134 valence electrons. The second-order valence-electron chi connectivity index (χ2n) is 6.84. The number of carbonyl (C=O) groups is 1. The molecule has 1 amide bonds. The van der Waals surface area contributed by atoms with Crippen molar-refractivity contribution in [3.8, 4) is 0 Å². The van der Waals surface area contributed by atoms with Crippen LogP contribution in [-0.4, -0.2) is 20.9 Å². The summed E-state index contributed by atoms with van der Waals surface area (Å²) in [7, 11) is -3.58. The molecule has 5 nitrogen and oxygen atoms in total. The molecule has 0 aliphatic heterocycles. The summed E-state index contributed by atoms with van der Waals surface area (Å²) in [6, 6.07) is 15.8. The number of benzene rings is 2. The first kappa shape index (κ1) is 19.1. The Morgan fingerprint density at radius 2 is 1.56 bits per heavy atom. The van der Waals surface area contributed by atoms with Crippen molar-refractivity contribution in [1.29, 1.82) is 0 Å². The third kappa shape index (κ3) is 5.69. The van der Waals surface area contributed by atoms with E-state index in [0.717, 1.165) is 0 Å². The maximum absolute atomic E-state index is 12.1. The van der Waals surface area contributed by atoms with Crippen molar-refractivity contribution in [1.82, 2.24) is 4.72 Å². The first-order chi connectivity index (χ1) is 11.7. The van der Waals surface area contributed by atoms with Crippen molar-refractivity contribution in [2.75, 3.05) is 11.9 Å². The zero-order valence-corrected chi connectivity index (χ0v) is 15.6. The lowest BCUT2D eigenvalue weighted by molar-refractivity contribution is -0.116. The van der Waals surface area contributed by atoms with E-state index in [1.54, 1.807) is 18.2 Å². The van der Waals surface area contributed by atoms with Gasteiger partial charge in [0.05, 0.1) is 4.90 Å². The molecule has 0 radical (unpaired) electrons. The number of hydrogen-bond donors (Lipinski definition) is 2. The standard InChI is InChI=1S/C19H24N2O3S/c1-19(2,3)15-9-11-16(12-10-15)21-18(22)13-14-20-25(23,24)17-7-5-4-6-8-17/h4-12,20H,13-14H2,1-3H3,(H,21,22). The van der Waals surface area contributed by atoms with E-state index in [2.05, 4.69) is 30.8 Å². The number of carbonyl (C=O) groups excluding carboxylic acids is 1. The van der Waals surface area contributed by atoms with Gasteiger partial charge in [-0.05, 0) is 35.2 Å². The van der Waals surface area contributed by atoms with Gasteiger partial charge in [0.2, 0.25) is 15.9 Å². The minimum atomic E-state index is -3.58. The van der Waals surface area contributed by atoms with Crippen molar-refractivity contribution < 1.29 is 13.2 Å². The molecule has 0 atom stereocenters. The van der Waals surface area contributed by atoms with Gasteiger partial charge in [0, 0.05) is 18.7 Å². The van der Waals surface area contributed by atoms with Gasteiger partial charge in [0.15, 0.2) is 0 Å². The van der Waals surface area contributed by atoms with Crippen LogP contribution < -0.4 is 10.0 Å². The normalized spacial score (nSPS) is 12.0. The lowest BCUT2D eigenvalue weighted by Crippen LogP contribution is -2.27. The largest absolute Gasteiger partial charge is 0.326 e. The predicted molar refractivity (Wildman–Crippen MR) is 100 cm³/mol. The van der Waals surface area contributed by atoms with Crippen LogP contribution in [0, 0.1) is 0 Å². The predicted octanol–water partition coefficient (Wildman–Crippen LogP) is 3.29. The van der Waals surface area contributed by atoms with E-state index >= 15 is 0 Å². The average molecular weight is 360 g/mol. The molecular weight excluding hydrogens is 336 g/mol. The third-order valence-corrected chi connectivity index (χ3v) is 5.21. The van der Waals surface area contributed by atoms with Crippen molar-refractivity contribution in [2.45, 2.75) is 37.5 Å². The highest BCUT2D eigenvalue weighted by atomic mass is 32.2. The monoisotopic (exact) mass is 360 g/mol. The number of nitrogens with one attached hydrogen (secondary N) is 2. The van der Waals surface area contributed by atoms with Gasteiger partial charge in [0.25, 0.3) is 0 Å². The molecule has 2 rings (SSSR count). The summed E-state index contributed by atoms with van der Waals surface area (Å²) in [6.07, 6.45) is 0.0626. The molecule has 0 aliphatic rings. The van der Waals surface area contributed by atoms with Gasteiger partial charge in [-0.2, -0.15) is 0 Å². The van der Waals surface area contributed by atoms with Crippen LogP contribution in [0.4, 0.5) is 5.69 Å². The Hall–Kier alpha value is -2.18. The van der Waals surface area contributed by atoms with E-state index in [4.69, 9.17) is 0 Å². The van der Waals surface area contributed by atoms with Crippen LogP contribution in [0.1, 0.15) is 32.8 Å². The Balaban J connectivity index is 1.85. The van der Waals surface area contributed by atoms with Crippen LogP contribution in [0.2, 0.25) is 0 Å². The molecule has 2 aromatic carbocycles. The van der Waals surface area contributed by atoms with Crippen LogP contribution >= 0.6 is 0 Å². The molecule has 0 saturated carbocycles. The number of hydrogen-bond acceptors (Lipinski definition) is 3. The SMILES string of the molecule is CC(C)(C)c1ccc(NC(=O)CCNS(=O)(=O)c2ccccc2)cc1. The Kier molecular flexibility index (Phi) is 5.98. The first-order valence-corrected chi connectivity index (χ1v) is 9.62. The zero-order valence-electron chi connectivity index (χ0n) is 14.7. The van der Waals surface area contributed by atoms with Gasteiger partial charge < -0.3 is 5.32 Å². The fraction of sp³-hybridized carbons (Fsp3) is 0.316. The number of anilines is 1. The second kappa shape index (κ2) is 7.80. The molecular formula is C19H24N2O3S. The minimum absolute atomic E-state index is 0.0448. The topological polar surface area (TPSA) is 75.3 Å².